The van der Waals surface area contributed by atoms with Gasteiger partial charge < -0.3 is 31.2 Å². The molecule has 0 amide bonds. The molecule has 0 bridgehead atoms. The van der Waals surface area contributed by atoms with Gasteiger partial charge in [0.25, 0.3) is 0 Å². The van der Waals surface area contributed by atoms with Gasteiger partial charge in [-0.05, 0) is 25.8 Å². The number of hydrogen-bond acceptors (Lipinski definition) is 9. The molecule has 1 aromatic rings. The van der Waals surface area contributed by atoms with Crippen molar-refractivity contribution in [2.24, 2.45) is 11.7 Å². The molecule has 1 saturated heterocycles. The van der Waals surface area contributed by atoms with E-state index in [0.29, 0.717) is 0 Å². The normalized spacial score (nSPS) is 33.4. The molecule has 0 aliphatic carbocycles. The van der Waals surface area contributed by atoms with Crippen LogP contribution in [0.2, 0.25) is 0 Å². The summed E-state index contributed by atoms with van der Waals surface area (Å²) in [5.41, 5.74) is 8.47. The zero-order chi connectivity index (χ0) is 19.2. The van der Waals surface area contributed by atoms with E-state index in [0.717, 1.165) is 4.57 Å². The van der Waals surface area contributed by atoms with Crippen molar-refractivity contribution in [2.45, 2.75) is 57.5 Å². The van der Waals surface area contributed by atoms with Crippen LogP contribution in [0.5, 0.6) is 0 Å². The predicted molar refractivity (Wildman–Crippen MR) is 87.0 cm³/mol. The van der Waals surface area contributed by atoms with Gasteiger partial charge in [-0.3, -0.25) is 9.36 Å². The lowest BCUT2D eigenvalue weighted by Crippen LogP contribution is -2.53. The number of carbonyl (C=O) groups excluding carboxylic acids is 1. The van der Waals surface area contributed by atoms with E-state index < -0.39 is 41.4 Å². The third kappa shape index (κ3) is 3.52. The van der Waals surface area contributed by atoms with E-state index in [2.05, 4.69) is 4.98 Å². The molecule has 0 aromatic carbocycles. The van der Waals surface area contributed by atoms with Gasteiger partial charge in [0.1, 0.15) is 17.5 Å². The molecule has 10 nitrogen and oxygen atoms in total. The second-order valence-electron chi connectivity index (χ2n) is 6.88. The molecular formula is C15H24N4O6. The van der Waals surface area contributed by atoms with Crippen molar-refractivity contribution in [3.05, 3.63) is 22.7 Å². The van der Waals surface area contributed by atoms with Gasteiger partial charge in [-0.1, -0.05) is 13.8 Å². The fourth-order valence-corrected chi connectivity index (χ4v) is 2.72. The van der Waals surface area contributed by atoms with Crippen molar-refractivity contribution >= 4 is 11.8 Å². The maximum absolute atomic E-state index is 12.1. The van der Waals surface area contributed by atoms with Gasteiger partial charge in [-0.25, -0.2) is 4.79 Å². The van der Waals surface area contributed by atoms with Crippen molar-refractivity contribution < 1.29 is 24.5 Å². The van der Waals surface area contributed by atoms with E-state index in [1.165, 1.54) is 26.1 Å². The number of esters is 1. The number of ether oxygens (including phenoxy) is 2. The van der Waals surface area contributed by atoms with Crippen LogP contribution in [0.3, 0.4) is 0 Å². The maximum atomic E-state index is 12.1. The summed E-state index contributed by atoms with van der Waals surface area (Å²) in [5.74, 6) is -3.06. The molecule has 25 heavy (non-hydrogen) atoms. The van der Waals surface area contributed by atoms with Crippen molar-refractivity contribution in [1.29, 1.82) is 0 Å². The van der Waals surface area contributed by atoms with Gasteiger partial charge in [-0.15, -0.1) is 0 Å². The monoisotopic (exact) mass is 356 g/mol. The first-order valence-electron chi connectivity index (χ1n) is 7.81. The third-order valence-electron chi connectivity index (χ3n) is 4.20. The highest BCUT2D eigenvalue weighted by Gasteiger charge is 2.62. The number of nitrogen functional groups attached to an aromatic ring is 1. The Morgan fingerprint density at radius 1 is 1.44 bits per heavy atom. The number of rotatable bonds is 4. The Kier molecular flexibility index (Phi) is 4.92. The number of anilines is 1. The Balaban J connectivity index is 2.36. The highest BCUT2D eigenvalue weighted by atomic mass is 16.7. The Morgan fingerprint density at radius 3 is 2.56 bits per heavy atom. The fourth-order valence-electron chi connectivity index (χ4n) is 2.72. The SMILES string of the molecule is CC(C)C(N)C(=O)OC1C(C)(O)OC(n2ccc(N)nc2=O)C1(C)O. The summed E-state index contributed by atoms with van der Waals surface area (Å²) in [7, 11) is 0. The van der Waals surface area contributed by atoms with E-state index in [4.69, 9.17) is 20.9 Å². The number of aliphatic hydroxyl groups is 2. The first kappa shape index (κ1) is 19.3. The summed E-state index contributed by atoms with van der Waals surface area (Å²) >= 11 is 0. The second-order valence-corrected chi connectivity index (χ2v) is 6.88. The Labute approximate surface area is 144 Å². The lowest BCUT2D eigenvalue weighted by molar-refractivity contribution is -0.234. The molecular weight excluding hydrogens is 332 g/mol. The van der Waals surface area contributed by atoms with E-state index >= 15 is 0 Å². The molecule has 6 N–H and O–H groups in total. The summed E-state index contributed by atoms with van der Waals surface area (Å²) in [5, 5.41) is 21.3. The van der Waals surface area contributed by atoms with Crippen molar-refractivity contribution in [3.8, 4) is 0 Å². The molecule has 0 spiro atoms. The fraction of sp³-hybridized carbons (Fsp3) is 0.667. The van der Waals surface area contributed by atoms with Crippen molar-refractivity contribution in [1.82, 2.24) is 9.55 Å². The van der Waals surface area contributed by atoms with Gasteiger partial charge in [-0.2, -0.15) is 4.98 Å². The van der Waals surface area contributed by atoms with Crippen LogP contribution in [-0.4, -0.2) is 49.3 Å². The summed E-state index contributed by atoms with van der Waals surface area (Å²) in [6.07, 6.45) is -1.56. The van der Waals surface area contributed by atoms with Gasteiger partial charge in [0.05, 0.1) is 0 Å². The average Bonchev–Trinajstić information content (AvgIpc) is 2.66. The number of nitrogens with two attached hydrogens (primary N) is 2. The Morgan fingerprint density at radius 2 is 2.04 bits per heavy atom. The van der Waals surface area contributed by atoms with Crippen molar-refractivity contribution in [2.75, 3.05) is 5.73 Å². The average molecular weight is 356 g/mol. The van der Waals surface area contributed by atoms with Gasteiger partial charge in [0, 0.05) is 6.20 Å². The molecule has 2 heterocycles. The molecule has 0 saturated carbocycles. The molecule has 1 aliphatic rings. The summed E-state index contributed by atoms with van der Waals surface area (Å²) < 4.78 is 11.6. The van der Waals surface area contributed by atoms with Crippen molar-refractivity contribution in [3.63, 3.8) is 0 Å². The first-order chi connectivity index (χ1) is 11.4. The van der Waals surface area contributed by atoms with Crippen LogP contribution in [-0.2, 0) is 14.3 Å². The highest BCUT2D eigenvalue weighted by Crippen LogP contribution is 2.44. The van der Waals surface area contributed by atoms with Crippen LogP contribution in [0.4, 0.5) is 5.82 Å². The van der Waals surface area contributed by atoms with Gasteiger partial charge in [0.15, 0.2) is 12.3 Å². The predicted octanol–water partition coefficient (Wildman–Crippen LogP) is -1.29. The molecule has 1 fully saturated rings. The topological polar surface area (TPSA) is 163 Å². The highest BCUT2D eigenvalue weighted by molar-refractivity contribution is 5.76. The summed E-state index contributed by atoms with van der Waals surface area (Å²) in [4.78, 5) is 27.7. The Bertz CT molecular complexity index is 714. The minimum absolute atomic E-state index is 0.00321. The lowest BCUT2D eigenvalue weighted by atomic mass is 9.94. The Hall–Kier alpha value is -2.01. The number of hydrogen-bond donors (Lipinski definition) is 4. The van der Waals surface area contributed by atoms with Crippen LogP contribution < -0.4 is 17.2 Å². The molecule has 5 atom stereocenters. The smallest absolute Gasteiger partial charge is 0.351 e. The number of aromatic nitrogens is 2. The molecule has 10 heteroatoms. The van der Waals surface area contributed by atoms with E-state index in [-0.39, 0.29) is 11.7 Å². The largest absolute Gasteiger partial charge is 0.452 e. The first-order valence-corrected chi connectivity index (χ1v) is 7.81. The van der Waals surface area contributed by atoms with Gasteiger partial charge in [0.2, 0.25) is 5.79 Å². The minimum Gasteiger partial charge on any atom is -0.452 e. The number of carbonyl (C=O) groups is 1. The second kappa shape index (κ2) is 6.37. The lowest BCUT2D eigenvalue weighted by Gasteiger charge is -2.32. The third-order valence-corrected chi connectivity index (χ3v) is 4.20. The van der Waals surface area contributed by atoms with Gasteiger partial charge >= 0.3 is 11.7 Å². The molecule has 5 unspecified atom stereocenters. The molecule has 2 rings (SSSR count). The van der Waals surface area contributed by atoms with Crippen LogP contribution >= 0.6 is 0 Å². The quantitative estimate of drug-likeness (QED) is 0.480. The standard InChI is InChI=1S/C15H24N4O6/c1-7(2)9(17)10(20)24-11-14(3,22)12(25-15(11,4)23)19-6-5-8(16)18-13(19)21/h5-7,9,11-12,22-23H,17H2,1-4H3,(H2,16,18,21). The zero-order valence-corrected chi connectivity index (χ0v) is 14.5. The molecule has 0 radical (unpaired) electrons. The van der Waals surface area contributed by atoms with Crippen LogP contribution in [0.25, 0.3) is 0 Å². The zero-order valence-electron chi connectivity index (χ0n) is 14.5. The maximum Gasteiger partial charge on any atom is 0.351 e. The number of nitrogens with zero attached hydrogens (tertiary/aromatic N) is 2. The van der Waals surface area contributed by atoms with E-state index in [1.807, 2.05) is 0 Å². The van der Waals surface area contributed by atoms with E-state index in [9.17, 15) is 19.8 Å². The molecule has 140 valence electrons. The molecule has 1 aromatic heterocycles. The molecule has 1 aliphatic heterocycles. The van der Waals surface area contributed by atoms with Crippen LogP contribution in [0.15, 0.2) is 17.1 Å². The van der Waals surface area contributed by atoms with E-state index in [1.54, 1.807) is 13.8 Å². The summed E-state index contributed by atoms with van der Waals surface area (Å²) in [6.45, 7) is 5.96. The van der Waals surface area contributed by atoms with Crippen LogP contribution in [0.1, 0.15) is 33.9 Å². The van der Waals surface area contributed by atoms with Crippen LogP contribution in [0, 0.1) is 5.92 Å². The minimum atomic E-state index is -2.05. The summed E-state index contributed by atoms with van der Waals surface area (Å²) in [6, 6.07) is 0.399.